The van der Waals surface area contributed by atoms with Crippen molar-refractivity contribution in [3.05, 3.63) is 86.5 Å². The molecular formula is C27H24N4O5S3. The molecule has 5 aromatic rings. The fourth-order valence-corrected chi connectivity index (χ4v) is 6.14. The molecule has 0 saturated carbocycles. The smallest absolute Gasteiger partial charge is 0.278 e. The second kappa shape index (κ2) is 11.5. The van der Waals surface area contributed by atoms with E-state index in [0.717, 1.165) is 23.0 Å². The number of nitrogens with zero attached hydrogens (tertiary/aromatic N) is 3. The third-order valence-electron chi connectivity index (χ3n) is 5.93. The Morgan fingerprint density at radius 2 is 1.92 bits per heavy atom. The van der Waals surface area contributed by atoms with Crippen molar-refractivity contribution < 1.29 is 18.7 Å². The summed E-state index contributed by atoms with van der Waals surface area (Å²) in [5.74, 6) is 1.40. The Morgan fingerprint density at radius 1 is 1.10 bits per heavy atom. The number of aromatic nitrogens is 3. The number of thiazole rings is 1. The number of ether oxygens (including phenoxy) is 2. The molecule has 0 aliphatic heterocycles. The number of methoxy groups -OCH3 is 2. The summed E-state index contributed by atoms with van der Waals surface area (Å²) in [4.78, 5) is 31.7. The first kappa shape index (κ1) is 26.7. The number of hydrogen-bond donors (Lipinski definition) is 1. The van der Waals surface area contributed by atoms with Crippen LogP contribution in [0.4, 0.5) is 0 Å². The maximum atomic E-state index is 14.1. The standard InChI is InChI=1S/C27H24N4O5S3/c1-16-7-4-5-9-19(16)30-24-23(39-27(30)37)25(33)31(20-13-17(34-2)10-11-21(20)35-3)26(29-24)38-15-22(32)28-14-18-8-6-12-36-18/h4-13H,14-15H2,1-3H3,(H,28,32). The van der Waals surface area contributed by atoms with Crippen molar-refractivity contribution in [1.29, 1.82) is 0 Å². The number of rotatable bonds is 9. The zero-order valence-electron chi connectivity index (χ0n) is 21.3. The van der Waals surface area contributed by atoms with Gasteiger partial charge in [0.25, 0.3) is 5.56 Å². The highest BCUT2D eigenvalue weighted by atomic mass is 32.2. The number of amides is 1. The largest absolute Gasteiger partial charge is 0.497 e. The summed E-state index contributed by atoms with van der Waals surface area (Å²) in [5, 5.41) is 3.13. The van der Waals surface area contributed by atoms with Gasteiger partial charge in [-0.25, -0.2) is 4.98 Å². The molecule has 1 N–H and O–H groups in total. The lowest BCUT2D eigenvalue weighted by atomic mass is 10.2. The normalized spacial score (nSPS) is 11.1. The number of fused-ring (bicyclic) bond motifs is 1. The SMILES string of the molecule is COc1ccc(OC)c(-n2c(SCC(=O)NCc3ccco3)nc3c(sc(=S)n3-c3ccccc3C)c2=O)c1. The molecule has 0 radical (unpaired) electrons. The molecule has 9 nitrogen and oxygen atoms in total. The molecule has 0 unspecified atom stereocenters. The highest BCUT2D eigenvalue weighted by Gasteiger charge is 2.22. The van der Waals surface area contributed by atoms with E-state index in [9.17, 15) is 9.59 Å². The van der Waals surface area contributed by atoms with Gasteiger partial charge in [0.1, 0.15) is 22.0 Å². The van der Waals surface area contributed by atoms with Crippen LogP contribution < -0.4 is 20.3 Å². The lowest BCUT2D eigenvalue weighted by molar-refractivity contribution is -0.118. The second-order valence-corrected chi connectivity index (χ2v) is 10.9. The minimum atomic E-state index is -0.325. The van der Waals surface area contributed by atoms with Crippen LogP contribution in [0.3, 0.4) is 0 Å². The molecule has 0 atom stereocenters. The Morgan fingerprint density at radius 3 is 2.64 bits per heavy atom. The molecule has 3 heterocycles. The number of benzene rings is 2. The molecule has 0 saturated heterocycles. The number of nitrogens with one attached hydrogen (secondary N) is 1. The van der Waals surface area contributed by atoms with Crippen LogP contribution in [0.5, 0.6) is 11.5 Å². The first-order valence-electron chi connectivity index (χ1n) is 11.8. The lowest BCUT2D eigenvalue weighted by Gasteiger charge is -2.16. The molecule has 0 fully saturated rings. The third kappa shape index (κ3) is 5.35. The van der Waals surface area contributed by atoms with Crippen LogP contribution in [0, 0.1) is 10.9 Å². The third-order valence-corrected chi connectivity index (χ3v) is 8.22. The van der Waals surface area contributed by atoms with Crippen LogP contribution >= 0.6 is 35.3 Å². The summed E-state index contributed by atoms with van der Waals surface area (Å²) in [6.07, 6.45) is 1.55. The lowest BCUT2D eigenvalue weighted by Crippen LogP contribution is -2.26. The van der Waals surface area contributed by atoms with Gasteiger partial charge < -0.3 is 19.2 Å². The fraction of sp³-hybridized carbons (Fsp3) is 0.185. The fourth-order valence-electron chi connectivity index (χ4n) is 4.02. The minimum absolute atomic E-state index is 0.0141. The number of furan rings is 1. The van der Waals surface area contributed by atoms with Gasteiger partial charge in [-0.2, -0.15) is 0 Å². The molecule has 0 spiro atoms. The Balaban J connectivity index is 1.65. The van der Waals surface area contributed by atoms with E-state index >= 15 is 0 Å². The van der Waals surface area contributed by atoms with E-state index in [-0.39, 0.29) is 23.8 Å². The number of thioether (sulfide) groups is 1. The van der Waals surface area contributed by atoms with Gasteiger partial charge in [0.05, 0.1) is 44.2 Å². The molecule has 0 aliphatic carbocycles. The van der Waals surface area contributed by atoms with Gasteiger partial charge in [-0.3, -0.25) is 18.7 Å². The monoisotopic (exact) mass is 580 g/mol. The van der Waals surface area contributed by atoms with Gasteiger partial charge in [-0.05, 0) is 55.0 Å². The molecular weight excluding hydrogens is 557 g/mol. The van der Waals surface area contributed by atoms with E-state index in [2.05, 4.69) is 5.32 Å². The van der Waals surface area contributed by atoms with Gasteiger partial charge in [0.15, 0.2) is 14.8 Å². The average molecular weight is 581 g/mol. The number of aryl methyl sites for hydroxylation is 1. The van der Waals surface area contributed by atoms with Crippen molar-refractivity contribution in [2.45, 2.75) is 18.6 Å². The summed E-state index contributed by atoms with van der Waals surface area (Å²) < 4.78 is 20.4. The Kier molecular flexibility index (Phi) is 7.87. The molecule has 39 heavy (non-hydrogen) atoms. The van der Waals surface area contributed by atoms with Crippen molar-refractivity contribution in [2.24, 2.45) is 0 Å². The molecule has 1 amide bonds. The molecule has 0 bridgehead atoms. The van der Waals surface area contributed by atoms with Gasteiger partial charge >= 0.3 is 0 Å². The van der Waals surface area contributed by atoms with Crippen LogP contribution in [-0.4, -0.2) is 40.0 Å². The quantitative estimate of drug-likeness (QED) is 0.143. The van der Waals surface area contributed by atoms with E-state index < -0.39 is 0 Å². The topological polar surface area (TPSA) is 101 Å². The summed E-state index contributed by atoms with van der Waals surface area (Å²) in [6.45, 7) is 2.23. The zero-order valence-corrected chi connectivity index (χ0v) is 23.7. The first-order valence-corrected chi connectivity index (χ1v) is 14.0. The average Bonchev–Trinajstić information content (AvgIpc) is 3.58. The number of carbonyl (C=O) groups excluding carboxylic acids is 1. The van der Waals surface area contributed by atoms with E-state index in [1.54, 1.807) is 48.3 Å². The maximum absolute atomic E-state index is 14.1. The van der Waals surface area contributed by atoms with Crippen LogP contribution in [0.15, 0.2) is 75.2 Å². The summed E-state index contributed by atoms with van der Waals surface area (Å²) in [6, 6.07) is 16.5. The predicted octanol–water partition coefficient (Wildman–Crippen LogP) is 5.29. The van der Waals surface area contributed by atoms with Gasteiger partial charge in [0.2, 0.25) is 5.91 Å². The van der Waals surface area contributed by atoms with Crippen molar-refractivity contribution >= 4 is 51.6 Å². The molecule has 5 rings (SSSR count). The predicted molar refractivity (Wildman–Crippen MR) is 154 cm³/mol. The van der Waals surface area contributed by atoms with Crippen LogP contribution in [0.25, 0.3) is 21.7 Å². The van der Waals surface area contributed by atoms with Gasteiger partial charge in [-0.1, -0.05) is 41.3 Å². The molecule has 200 valence electrons. The van der Waals surface area contributed by atoms with Crippen molar-refractivity contribution in [3.63, 3.8) is 0 Å². The molecule has 0 aliphatic rings. The van der Waals surface area contributed by atoms with Crippen LogP contribution in [0.1, 0.15) is 11.3 Å². The van der Waals surface area contributed by atoms with E-state index in [1.807, 2.05) is 31.2 Å². The highest BCUT2D eigenvalue weighted by molar-refractivity contribution is 7.99. The molecule has 2 aromatic carbocycles. The first-order chi connectivity index (χ1) is 18.9. The van der Waals surface area contributed by atoms with Crippen molar-refractivity contribution in [3.8, 4) is 22.9 Å². The Labute approximate surface area is 237 Å². The Hall–Kier alpha value is -3.87. The summed E-state index contributed by atoms with van der Waals surface area (Å²) in [7, 11) is 3.07. The van der Waals surface area contributed by atoms with Crippen LogP contribution in [-0.2, 0) is 11.3 Å². The van der Waals surface area contributed by atoms with Gasteiger partial charge in [-0.15, -0.1) is 0 Å². The van der Waals surface area contributed by atoms with Crippen LogP contribution in [0.2, 0.25) is 0 Å². The Bertz CT molecular complexity index is 1770. The number of hydrogen-bond acceptors (Lipinski definition) is 9. The maximum Gasteiger partial charge on any atom is 0.278 e. The van der Waals surface area contributed by atoms with E-state index in [1.165, 1.54) is 23.0 Å². The van der Waals surface area contributed by atoms with Gasteiger partial charge in [0, 0.05) is 6.07 Å². The highest BCUT2D eigenvalue weighted by Crippen LogP contribution is 2.32. The zero-order chi connectivity index (χ0) is 27.5. The molecule has 12 heteroatoms. The van der Waals surface area contributed by atoms with Crippen molar-refractivity contribution in [1.82, 2.24) is 19.4 Å². The number of para-hydroxylation sites is 1. The second-order valence-electron chi connectivity index (χ2n) is 8.36. The molecule has 3 aromatic heterocycles. The summed E-state index contributed by atoms with van der Waals surface area (Å²) in [5.41, 5.74) is 2.37. The summed E-state index contributed by atoms with van der Waals surface area (Å²) >= 11 is 8.02. The minimum Gasteiger partial charge on any atom is -0.497 e. The van der Waals surface area contributed by atoms with E-state index in [0.29, 0.717) is 42.4 Å². The van der Waals surface area contributed by atoms with E-state index in [4.69, 9.17) is 31.1 Å². The van der Waals surface area contributed by atoms with Crippen molar-refractivity contribution in [2.75, 3.05) is 20.0 Å². The number of carbonyl (C=O) groups is 1.